The summed E-state index contributed by atoms with van der Waals surface area (Å²) in [5.41, 5.74) is 7.06. The zero-order chi connectivity index (χ0) is 18.7. The van der Waals surface area contributed by atoms with Gasteiger partial charge in [-0.2, -0.15) is 0 Å². The van der Waals surface area contributed by atoms with Gasteiger partial charge in [0.1, 0.15) is 11.4 Å². The van der Waals surface area contributed by atoms with E-state index >= 15 is 0 Å². The smallest absolute Gasteiger partial charge is 0.153 e. The van der Waals surface area contributed by atoms with Crippen molar-refractivity contribution in [2.24, 2.45) is 0 Å². The zero-order valence-corrected chi connectivity index (χ0v) is 15.9. The maximum Gasteiger partial charge on any atom is 0.153 e. The van der Waals surface area contributed by atoms with Crippen LogP contribution in [0.2, 0.25) is 0 Å². The van der Waals surface area contributed by atoms with Crippen LogP contribution >= 0.6 is 0 Å². The molecule has 27 heavy (non-hydrogen) atoms. The summed E-state index contributed by atoms with van der Waals surface area (Å²) in [7, 11) is 0. The number of furan rings is 1. The lowest BCUT2D eigenvalue weighted by molar-refractivity contribution is 0.622. The molecule has 0 atom stereocenters. The number of aryl methyl sites for hydroxylation is 2. The van der Waals surface area contributed by atoms with Crippen LogP contribution in [0.25, 0.3) is 44.4 Å². The van der Waals surface area contributed by atoms with Crippen LogP contribution in [0, 0.1) is 13.8 Å². The summed E-state index contributed by atoms with van der Waals surface area (Å²) >= 11 is 0. The van der Waals surface area contributed by atoms with Crippen LogP contribution < -0.4 is 0 Å². The van der Waals surface area contributed by atoms with E-state index in [0.29, 0.717) is 0 Å². The lowest BCUT2D eigenvalue weighted by Gasteiger charge is -2.13. The van der Waals surface area contributed by atoms with Gasteiger partial charge in [-0.15, -0.1) is 0 Å². The number of para-hydroxylation sites is 2. The van der Waals surface area contributed by atoms with Gasteiger partial charge in [0.15, 0.2) is 5.58 Å². The van der Waals surface area contributed by atoms with Crippen molar-refractivity contribution in [3.63, 3.8) is 0 Å². The molecule has 0 saturated carbocycles. The van der Waals surface area contributed by atoms with Crippen LogP contribution in [0.3, 0.4) is 0 Å². The molecule has 5 aromatic rings. The van der Waals surface area contributed by atoms with E-state index in [2.05, 4.69) is 66.7 Å². The first-order valence-corrected chi connectivity index (χ1v) is 9.30. The maximum atomic E-state index is 6.29. The predicted molar refractivity (Wildman–Crippen MR) is 110 cm³/mol. The number of hydrogen-bond donors (Lipinski definition) is 0. The molecule has 4 heteroatoms. The Labute approximate surface area is 157 Å². The van der Waals surface area contributed by atoms with Gasteiger partial charge in [-0.25, -0.2) is 4.98 Å². The number of pyridine rings is 1. The van der Waals surface area contributed by atoms with Crippen molar-refractivity contribution >= 4 is 33.0 Å². The summed E-state index contributed by atoms with van der Waals surface area (Å²) in [6, 6.07) is 15.0. The first-order chi connectivity index (χ1) is 13.0. The van der Waals surface area contributed by atoms with Gasteiger partial charge in [-0.1, -0.05) is 18.2 Å². The SMILES string of the molecule is Cc1cc2c(cn1)oc1c(-c3nc4ccccc4n3C(C)C)ccc(C)c12. The summed E-state index contributed by atoms with van der Waals surface area (Å²) in [5.74, 6) is 0.944. The maximum absolute atomic E-state index is 6.29. The molecule has 0 N–H and O–H groups in total. The molecule has 5 rings (SSSR count). The average Bonchev–Trinajstić information content (AvgIpc) is 3.20. The van der Waals surface area contributed by atoms with Crippen LogP contribution in [-0.4, -0.2) is 14.5 Å². The number of aromatic nitrogens is 3. The van der Waals surface area contributed by atoms with Gasteiger partial charge in [0.25, 0.3) is 0 Å². The fourth-order valence-electron chi connectivity index (χ4n) is 3.99. The molecule has 0 unspecified atom stereocenters. The molecule has 3 heterocycles. The summed E-state index contributed by atoms with van der Waals surface area (Å²) in [5, 5.41) is 2.26. The first kappa shape index (κ1) is 16.1. The highest BCUT2D eigenvalue weighted by Gasteiger charge is 2.20. The van der Waals surface area contributed by atoms with Crippen LogP contribution in [0.15, 0.2) is 53.1 Å². The molecule has 0 amide bonds. The summed E-state index contributed by atoms with van der Waals surface area (Å²) < 4.78 is 8.58. The van der Waals surface area contributed by atoms with E-state index in [1.54, 1.807) is 0 Å². The largest absolute Gasteiger partial charge is 0.454 e. The van der Waals surface area contributed by atoms with Gasteiger partial charge in [-0.3, -0.25) is 4.98 Å². The van der Waals surface area contributed by atoms with Gasteiger partial charge < -0.3 is 8.98 Å². The predicted octanol–water partition coefficient (Wildman–Crippen LogP) is 6.20. The zero-order valence-electron chi connectivity index (χ0n) is 15.9. The van der Waals surface area contributed by atoms with Crippen molar-refractivity contribution in [2.75, 3.05) is 0 Å². The molecule has 0 aliphatic heterocycles. The molecule has 3 aromatic heterocycles. The molecule has 0 aliphatic rings. The minimum Gasteiger partial charge on any atom is -0.454 e. The minimum absolute atomic E-state index is 0.289. The van der Waals surface area contributed by atoms with Gasteiger partial charge in [0, 0.05) is 22.5 Å². The molecule has 0 bridgehead atoms. The first-order valence-electron chi connectivity index (χ1n) is 9.30. The Balaban J connectivity index is 1.92. The van der Waals surface area contributed by atoms with Crippen molar-refractivity contribution < 1.29 is 4.42 Å². The molecule has 2 aromatic carbocycles. The molecular formula is C23H21N3O. The Morgan fingerprint density at radius 3 is 2.67 bits per heavy atom. The van der Waals surface area contributed by atoms with Crippen molar-refractivity contribution in [1.82, 2.24) is 14.5 Å². The van der Waals surface area contributed by atoms with E-state index < -0.39 is 0 Å². The number of nitrogens with zero attached hydrogens (tertiary/aromatic N) is 3. The Morgan fingerprint density at radius 1 is 1.04 bits per heavy atom. The number of fused-ring (bicyclic) bond motifs is 4. The number of imidazole rings is 1. The molecule has 0 saturated heterocycles. The second kappa shape index (κ2) is 5.68. The monoisotopic (exact) mass is 355 g/mol. The number of benzene rings is 2. The fraction of sp³-hybridized carbons (Fsp3) is 0.217. The van der Waals surface area contributed by atoms with Crippen LogP contribution in [0.1, 0.15) is 31.1 Å². The quantitative estimate of drug-likeness (QED) is 0.379. The number of rotatable bonds is 2. The summed E-state index contributed by atoms with van der Waals surface area (Å²) in [4.78, 5) is 9.36. The fourth-order valence-corrected chi connectivity index (χ4v) is 3.99. The Kier molecular flexibility index (Phi) is 3.38. The van der Waals surface area contributed by atoms with Crippen molar-refractivity contribution in [1.29, 1.82) is 0 Å². The molecule has 0 aliphatic carbocycles. The summed E-state index contributed by atoms with van der Waals surface area (Å²) in [6.07, 6.45) is 1.82. The van der Waals surface area contributed by atoms with E-state index in [4.69, 9.17) is 9.40 Å². The Morgan fingerprint density at radius 2 is 1.85 bits per heavy atom. The van der Waals surface area contributed by atoms with Crippen molar-refractivity contribution in [3.8, 4) is 11.4 Å². The van der Waals surface area contributed by atoms with Crippen molar-refractivity contribution in [3.05, 3.63) is 59.9 Å². The highest BCUT2D eigenvalue weighted by atomic mass is 16.3. The van der Waals surface area contributed by atoms with Crippen LogP contribution in [0.4, 0.5) is 0 Å². The van der Waals surface area contributed by atoms with Crippen molar-refractivity contribution in [2.45, 2.75) is 33.7 Å². The minimum atomic E-state index is 0.289. The van der Waals surface area contributed by atoms with E-state index in [-0.39, 0.29) is 6.04 Å². The lowest BCUT2D eigenvalue weighted by atomic mass is 10.0. The third kappa shape index (κ3) is 2.29. The molecule has 0 spiro atoms. The van der Waals surface area contributed by atoms with Crippen LogP contribution in [-0.2, 0) is 0 Å². The molecule has 134 valence electrons. The van der Waals surface area contributed by atoms with Crippen LogP contribution in [0.5, 0.6) is 0 Å². The molecular weight excluding hydrogens is 334 g/mol. The molecule has 0 radical (unpaired) electrons. The number of hydrogen-bond acceptors (Lipinski definition) is 3. The van der Waals surface area contributed by atoms with Gasteiger partial charge in [0.05, 0.1) is 22.8 Å². The van der Waals surface area contributed by atoms with Gasteiger partial charge in [-0.05, 0) is 57.5 Å². The standard InChI is InChI=1S/C23H21N3O/c1-13(2)26-19-8-6-5-7-18(19)25-23(26)16-10-9-14(3)21-17-11-15(4)24-12-20(17)27-22(16)21/h5-13H,1-4H3. The summed E-state index contributed by atoms with van der Waals surface area (Å²) in [6.45, 7) is 8.52. The highest BCUT2D eigenvalue weighted by Crippen LogP contribution is 2.39. The third-order valence-electron chi connectivity index (χ3n) is 5.20. The van der Waals surface area contributed by atoms with Gasteiger partial charge >= 0.3 is 0 Å². The van der Waals surface area contributed by atoms with E-state index in [1.807, 2.05) is 19.2 Å². The second-order valence-electron chi connectivity index (χ2n) is 7.45. The Bertz CT molecular complexity index is 1320. The second-order valence-corrected chi connectivity index (χ2v) is 7.45. The van der Waals surface area contributed by atoms with E-state index in [1.165, 1.54) is 5.56 Å². The van der Waals surface area contributed by atoms with E-state index in [9.17, 15) is 0 Å². The average molecular weight is 355 g/mol. The van der Waals surface area contributed by atoms with E-state index in [0.717, 1.165) is 50.1 Å². The van der Waals surface area contributed by atoms with Gasteiger partial charge in [0.2, 0.25) is 0 Å². The Hall–Kier alpha value is -3.14. The highest BCUT2D eigenvalue weighted by molar-refractivity contribution is 6.11. The lowest BCUT2D eigenvalue weighted by Crippen LogP contribution is -2.03. The normalized spacial score (nSPS) is 12.0. The molecule has 0 fully saturated rings. The third-order valence-corrected chi connectivity index (χ3v) is 5.20. The topological polar surface area (TPSA) is 43.9 Å². The molecule has 4 nitrogen and oxygen atoms in total.